The normalized spacial score (nSPS) is 11.3. The maximum absolute atomic E-state index is 11.9. The summed E-state index contributed by atoms with van der Waals surface area (Å²) in [6.45, 7) is 4.34. The molecule has 0 fully saturated rings. The molecule has 0 radical (unpaired) electrons. The van der Waals surface area contributed by atoms with E-state index in [1.807, 2.05) is 31.2 Å². The summed E-state index contributed by atoms with van der Waals surface area (Å²) >= 11 is 11.4. The molecule has 150 valence electrons. The summed E-state index contributed by atoms with van der Waals surface area (Å²) in [4.78, 5) is 11.9. The zero-order valence-corrected chi connectivity index (χ0v) is 17.5. The lowest BCUT2D eigenvalue weighted by Gasteiger charge is -2.19. The van der Waals surface area contributed by atoms with E-state index >= 15 is 0 Å². The van der Waals surface area contributed by atoms with Crippen molar-refractivity contribution >= 4 is 40.6 Å². The first kappa shape index (κ1) is 21.8. The Bertz CT molecular complexity index is 832. The van der Waals surface area contributed by atoms with E-state index in [2.05, 4.69) is 10.6 Å². The number of carbonyl (C=O) groups excluding carboxylic acids is 1. The summed E-state index contributed by atoms with van der Waals surface area (Å²) in [7, 11) is 1.60. The third kappa shape index (κ3) is 6.28. The van der Waals surface area contributed by atoms with Gasteiger partial charge in [-0.05, 0) is 56.4 Å². The van der Waals surface area contributed by atoms with E-state index in [4.69, 9.17) is 38.0 Å². The summed E-state index contributed by atoms with van der Waals surface area (Å²) in [5.74, 6) is 0.853. The van der Waals surface area contributed by atoms with E-state index in [0.29, 0.717) is 33.9 Å². The molecule has 8 heteroatoms. The molecule has 2 aromatic rings. The summed E-state index contributed by atoms with van der Waals surface area (Å²) in [6.07, 6.45) is 0. The lowest BCUT2D eigenvalue weighted by atomic mass is 10.2. The number of para-hydroxylation sites is 2. The predicted octanol–water partition coefficient (Wildman–Crippen LogP) is 4.28. The van der Waals surface area contributed by atoms with Gasteiger partial charge in [-0.3, -0.25) is 0 Å². The highest BCUT2D eigenvalue weighted by Gasteiger charge is 2.13. The number of halogens is 1. The standard InChI is InChI=1S/C20H23ClN2O4S/c1-4-26-19(24)15-11-14(9-10-16(15)21)23-20(28)22-13(2)12-27-18-8-6-5-7-17(18)25-3/h5-11,13H,4,12H2,1-3H3,(H2,22,23,28)/t13-/m0/s1. The molecule has 0 aliphatic carbocycles. The molecule has 1 atom stereocenters. The molecule has 0 saturated heterocycles. The second-order valence-electron chi connectivity index (χ2n) is 5.88. The highest BCUT2D eigenvalue weighted by Crippen LogP contribution is 2.26. The summed E-state index contributed by atoms with van der Waals surface area (Å²) in [5, 5.41) is 6.88. The van der Waals surface area contributed by atoms with Crippen molar-refractivity contribution in [3.05, 3.63) is 53.1 Å². The zero-order chi connectivity index (χ0) is 20.5. The fourth-order valence-corrected chi connectivity index (χ4v) is 2.87. The van der Waals surface area contributed by atoms with Gasteiger partial charge < -0.3 is 24.8 Å². The van der Waals surface area contributed by atoms with E-state index in [-0.39, 0.29) is 18.2 Å². The Morgan fingerprint density at radius 3 is 2.61 bits per heavy atom. The van der Waals surface area contributed by atoms with Crippen molar-refractivity contribution in [3.63, 3.8) is 0 Å². The van der Waals surface area contributed by atoms with Crippen molar-refractivity contribution in [3.8, 4) is 11.5 Å². The molecule has 2 N–H and O–H groups in total. The van der Waals surface area contributed by atoms with Crippen LogP contribution in [0.15, 0.2) is 42.5 Å². The van der Waals surface area contributed by atoms with Crippen molar-refractivity contribution in [2.75, 3.05) is 25.6 Å². The molecular formula is C20H23ClN2O4S. The molecule has 0 aliphatic heterocycles. The number of anilines is 1. The number of benzene rings is 2. The van der Waals surface area contributed by atoms with E-state index < -0.39 is 5.97 Å². The van der Waals surface area contributed by atoms with Crippen LogP contribution in [0.5, 0.6) is 11.5 Å². The largest absolute Gasteiger partial charge is 0.493 e. The van der Waals surface area contributed by atoms with Gasteiger partial charge in [-0.2, -0.15) is 0 Å². The van der Waals surface area contributed by atoms with Crippen LogP contribution < -0.4 is 20.1 Å². The molecule has 0 bridgehead atoms. The molecule has 6 nitrogen and oxygen atoms in total. The Morgan fingerprint density at radius 1 is 1.21 bits per heavy atom. The number of carbonyl (C=O) groups is 1. The van der Waals surface area contributed by atoms with Gasteiger partial charge in [0.15, 0.2) is 16.6 Å². The van der Waals surface area contributed by atoms with Gasteiger partial charge in [-0.15, -0.1) is 0 Å². The van der Waals surface area contributed by atoms with Crippen LogP contribution in [-0.4, -0.2) is 37.4 Å². The number of rotatable bonds is 8. The van der Waals surface area contributed by atoms with Crippen LogP contribution in [0.3, 0.4) is 0 Å². The summed E-state index contributed by atoms with van der Waals surface area (Å²) in [5.41, 5.74) is 0.909. The van der Waals surface area contributed by atoms with Gasteiger partial charge in [0, 0.05) is 5.69 Å². The molecule has 0 amide bonds. The minimum atomic E-state index is -0.478. The number of esters is 1. The molecule has 0 saturated carbocycles. The van der Waals surface area contributed by atoms with Crippen molar-refractivity contribution < 1.29 is 19.0 Å². The topological polar surface area (TPSA) is 68.8 Å². The quantitative estimate of drug-likeness (QED) is 0.486. The number of hydrogen-bond acceptors (Lipinski definition) is 5. The molecule has 0 unspecified atom stereocenters. The number of ether oxygens (including phenoxy) is 3. The van der Waals surface area contributed by atoms with E-state index in [1.165, 1.54) is 0 Å². The first-order valence-electron chi connectivity index (χ1n) is 8.74. The molecule has 0 aliphatic rings. The van der Waals surface area contributed by atoms with Crippen molar-refractivity contribution in [2.45, 2.75) is 19.9 Å². The second-order valence-corrected chi connectivity index (χ2v) is 6.69. The minimum absolute atomic E-state index is 0.0678. The SMILES string of the molecule is CCOC(=O)c1cc(NC(=S)N[C@@H](C)COc2ccccc2OC)ccc1Cl. The fraction of sp³-hybridized carbons (Fsp3) is 0.300. The molecule has 2 rings (SSSR count). The van der Waals surface area contributed by atoms with E-state index in [9.17, 15) is 4.79 Å². The molecule has 2 aromatic carbocycles. The Labute approximate surface area is 175 Å². The summed E-state index contributed by atoms with van der Waals surface area (Å²) in [6, 6.07) is 12.3. The Hall–Kier alpha value is -2.51. The molecular weight excluding hydrogens is 400 g/mol. The molecule has 0 spiro atoms. The highest BCUT2D eigenvalue weighted by molar-refractivity contribution is 7.80. The van der Waals surface area contributed by atoms with Gasteiger partial charge in [-0.1, -0.05) is 23.7 Å². The number of hydrogen-bond donors (Lipinski definition) is 2. The average molecular weight is 423 g/mol. The smallest absolute Gasteiger partial charge is 0.339 e. The third-order valence-electron chi connectivity index (χ3n) is 3.65. The Morgan fingerprint density at radius 2 is 1.93 bits per heavy atom. The average Bonchev–Trinajstić information content (AvgIpc) is 2.68. The van der Waals surface area contributed by atoms with Crippen LogP contribution >= 0.6 is 23.8 Å². The third-order valence-corrected chi connectivity index (χ3v) is 4.20. The van der Waals surface area contributed by atoms with Crippen molar-refractivity contribution in [2.24, 2.45) is 0 Å². The van der Waals surface area contributed by atoms with E-state index in [0.717, 1.165) is 0 Å². The van der Waals surface area contributed by atoms with Gasteiger partial charge in [0.1, 0.15) is 6.61 Å². The first-order valence-corrected chi connectivity index (χ1v) is 9.53. The van der Waals surface area contributed by atoms with Gasteiger partial charge in [0.05, 0.1) is 30.3 Å². The van der Waals surface area contributed by atoms with Crippen LogP contribution in [0.4, 0.5) is 5.69 Å². The maximum Gasteiger partial charge on any atom is 0.339 e. The van der Waals surface area contributed by atoms with Crippen LogP contribution in [0.1, 0.15) is 24.2 Å². The van der Waals surface area contributed by atoms with Gasteiger partial charge >= 0.3 is 5.97 Å². The second kappa shape index (κ2) is 10.7. The Kier molecular flexibility index (Phi) is 8.35. The molecule has 28 heavy (non-hydrogen) atoms. The molecule has 0 heterocycles. The van der Waals surface area contributed by atoms with Crippen molar-refractivity contribution in [1.29, 1.82) is 0 Å². The summed E-state index contributed by atoms with van der Waals surface area (Å²) < 4.78 is 16.0. The van der Waals surface area contributed by atoms with Crippen LogP contribution in [0, 0.1) is 0 Å². The number of methoxy groups -OCH3 is 1. The minimum Gasteiger partial charge on any atom is -0.493 e. The van der Waals surface area contributed by atoms with Gasteiger partial charge in [0.25, 0.3) is 0 Å². The highest BCUT2D eigenvalue weighted by atomic mass is 35.5. The van der Waals surface area contributed by atoms with E-state index in [1.54, 1.807) is 32.2 Å². The lowest BCUT2D eigenvalue weighted by molar-refractivity contribution is 0.0526. The lowest BCUT2D eigenvalue weighted by Crippen LogP contribution is -2.39. The number of thiocarbonyl (C=S) groups is 1. The predicted molar refractivity (Wildman–Crippen MR) is 115 cm³/mol. The maximum atomic E-state index is 11.9. The fourth-order valence-electron chi connectivity index (χ4n) is 2.35. The Balaban J connectivity index is 1.91. The van der Waals surface area contributed by atoms with Gasteiger partial charge in [0.2, 0.25) is 0 Å². The van der Waals surface area contributed by atoms with Gasteiger partial charge in [-0.25, -0.2) is 4.79 Å². The van der Waals surface area contributed by atoms with Crippen molar-refractivity contribution in [1.82, 2.24) is 5.32 Å². The van der Waals surface area contributed by atoms with Crippen LogP contribution in [-0.2, 0) is 4.74 Å². The zero-order valence-electron chi connectivity index (χ0n) is 16.0. The van der Waals surface area contributed by atoms with Crippen LogP contribution in [0.2, 0.25) is 5.02 Å². The number of nitrogens with one attached hydrogen (secondary N) is 2. The van der Waals surface area contributed by atoms with Crippen LogP contribution in [0.25, 0.3) is 0 Å². The monoisotopic (exact) mass is 422 g/mol. The molecule has 0 aromatic heterocycles. The first-order chi connectivity index (χ1) is 13.4.